The van der Waals surface area contributed by atoms with Gasteiger partial charge in [-0.05, 0) is 45.3 Å². The Kier molecular flexibility index (Phi) is 6.32. The van der Waals surface area contributed by atoms with Gasteiger partial charge >= 0.3 is 0 Å². The molecular weight excluding hydrogens is 416 g/mol. The molecule has 0 amide bonds. The average Bonchev–Trinajstić information content (AvgIpc) is 3.13. The zero-order valence-electron chi connectivity index (χ0n) is 19.7. The zero-order valence-corrected chi connectivity index (χ0v) is 19.7. The first-order valence-electron chi connectivity index (χ1n) is 10.7. The normalized spacial score (nSPS) is 11.2. The Bertz CT molecular complexity index is 1270. The second-order valence-electron chi connectivity index (χ2n) is 8.18. The SMILES string of the molecule is COc1cc(N(C)CCN(C)C)c(N)cc1Nc1nccc(-n2c(C)nc3ccccc32)n1. The van der Waals surface area contributed by atoms with E-state index in [-0.39, 0.29) is 0 Å². The first kappa shape index (κ1) is 22.3. The maximum absolute atomic E-state index is 6.39. The standard InChI is InChI=1S/C24H30N8O/c1-16-27-18-8-6-7-9-20(18)32(16)23-10-11-26-24(29-23)28-19-14-17(25)21(15-22(19)33-5)31(4)13-12-30(2)3/h6-11,14-15H,12-13,25H2,1-5H3,(H,26,28,29). The van der Waals surface area contributed by atoms with Crippen molar-refractivity contribution >= 4 is 34.0 Å². The van der Waals surface area contributed by atoms with Crippen molar-refractivity contribution in [2.24, 2.45) is 0 Å². The number of nitrogen functional groups attached to an aromatic ring is 1. The first-order chi connectivity index (χ1) is 15.9. The van der Waals surface area contributed by atoms with E-state index in [2.05, 4.69) is 25.1 Å². The second kappa shape index (κ2) is 9.33. The molecule has 0 aliphatic carbocycles. The lowest BCUT2D eigenvalue weighted by Crippen LogP contribution is -2.29. The number of likely N-dealkylation sites (N-methyl/N-ethyl adjacent to an activating group) is 2. The molecule has 4 rings (SSSR count). The molecule has 2 aromatic carbocycles. The third-order valence-electron chi connectivity index (χ3n) is 5.49. The third kappa shape index (κ3) is 4.68. The zero-order chi connectivity index (χ0) is 23.5. The molecule has 2 aromatic heterocycles. The number of nitrogens with one attached hydrogen (secondary N) is 1. The molecule has 3 N–H and O–H groups in total. The van der Waals surface area contributed by atoms with Gasteiger partial charge in [-0.2, -0.15) is 4.98 Å². The van der Waals surface area contributed by atoms with Crippen molar-refractivity contribution in [2.45, 2.75) is 6.92 Å². The molecule has 172 valence electrons. The highest BCUT2D eigenvalue weighted by atomic mass is 16.5. The van der Waals surface area contributed by atoms with Crippen LogP contribution in [0.1, 0.15) is 5.82 Å². The van der Waals surface area contributed by atoms with E-state index in [1.165, 1.54) is 0 Å². The number of ether oxygens (including phenoxy) is 1. The van der Waals surface area contributed by atoms with Gasteiger partial charge in [0.05, 0.1) is 35.2 Å². The fraction of sp³-hybridized carbons (Fsp3) is 0.292. The van der Waals surface area contributed by atoms with Crippen molar-refractivity contribution in [3.05, 3.63) is 54.5 Å². The molecule has 0 radical (unpaired) electrons. The highest BCUT2D eigenvalue weighted by Crippen LogP contribution is 2.36. The third-order valence-corrected chi connectivity index (χ3v) is 5.49. The topological polar surface area (TPSA) is 97.4 Å². The summed E-state index contributed by atoms with van der Waals surface area (Å²) in [6.07, 6.45) is 1.72. The van der Waals surface area contributed by atoms with Crippen molar-refractivity contribution in [1.82, 2.24) is 24.4 Å². The van der Waals surface area contributed by atoms with E-state index in [0.717, 1.165) is 41.5 Å². The molecule has 2 heterocycles. The molecule has 0 bridgehead atoms. The Morgan fingerprint density at radius 2 is 1.85 bits per heavy atom. The first-order valence-corrected chi connectivity index (χ1v) is 10.7. The second-order valence-corrected chi connectivity index (χ2v) is 8.18. The summed E-state index contributed by atoms with van der Waals surface area (Å²) in [5, 5.41) is 3.26. The lowest BCUT2D eigenvalue weighted by molar-refractivity contribution is 0.413. The molecule has 0 unspecified atom stereocenters. The van der Waals surface area contributed by atoms with Crippen LogP contribution < -0.4 is 20.7 Å². The number of anilines is 4. The van der Waals surface area contributed by atoms with Crippen LogP contribution in [0.25, 0.3) is 16.9 Å². The van der Waals surface area contributed by atoms with Gasteiger partial charge in [-0.15, -0.1) is 0 Å². The number of aromatic nitrogens is 4. The van der Waals surface area contributed by atoms with E-state index in [4.69, 9.17) is 15.5 Å². The molecule has 9 heteroatoms. The predicted molar refractivity (Wildman–Crippen MR) is 134 cm³/mol. The molecular formula is C24H30N8O. The van der Waals surface area contributed by atoms with Crippen LogP contribution in [0.15, 0.2) is 48.7 Å². The molecule has 0 saturated heterocycles. The van der Waals surface area contributed by atoms with Gasteiger partial charge < -0.3 is 25.6 Å². The van der Waals surface area contributed by atoms with E-state index in [1.54, 1.807) is 13.3 Å². The van der Waals surface area contributed by atoms with E-state index in [0.29, 0.717) is 23.1 Å². The number of imidazole rings is 1. The van der Waals surface area contributed by atoms with Crippen molar-refractivity contribution < 1.29 is 4.74 Å². The minimum absolute atomic E-state index is 0.441. The lowest BCUT2D eigenvalue weighted by Gasteiger charge is -2.24. The van der Waals surface area contributed by atoms with Crippen molar-refractivity contribution in [3.63, 3.8) is 0 Å². The highest BCUT2D eigenvalue weighted by Gasteiger charge is 2.15. The van der Waals surface area contributed by atoms with Crippen LogP contribution in [0.4, 0.5) is 23.0 Å². The maximum Gasteiger partial charge on any atom is 0.229 e. The average molecular weight is 447 g/mol. The highest BCUT2D eigenvalue weighted by molar-refractivity contribution is 5.80. The van der Waals surface area contributed by atoms with Gasteiger partial charge in [0.25, 0.3) is 0 Å². The molecule has 9 nitrogen and oxygen atoms in total. The van der Waals surface area contributed by atoms with Crippen LogP contribution in [0.5, 0.6) is 5.75 Å². The number of fused-ring (bicyclic) bond motifs is 1. The Morgan fingerprint density at radius 1 is 1.06 bits per heavy atom. The van der Waals surface area contributed by atoms with E-state index >= 15 is 0 Å². The summed E-state index contributed by atoms with van der Waals surface area (Å²) >= 11 is 0. The van der Waals surface area contributed by atoms with Crippen LogP contribution in [0.3, 0.4) is 0 Å². The molecule has 33 heavy (non-hydrogen) atoms. The fourth-order valence-corrected chi connectivity index (χ4v) is 3.74. The van der Waals surface area contributed by atoms with Crippen molar-refractivity contribution in [2.75, 3.05) is 57.3 Å². The molecule has 0 aliphatic rings. The van der Waals surface area contributed by atoms with Crippen LogP contribution in [-0.2, 0) is 0 Å². The van der Waals surface area contributed by atoms with Crippen LogP contribution in [0, 0.1) is 6.92 Å². The molecule has 0 aliphatic heterocycles. The minimum Gasteiger partial charge on any atom is -0.494 e. The summed E-state index contributed by atoms with van der Waals surface area (Å²) in [5.41, 5.74) is 10.6. The largest absolute Gasteiger partial charge is 0.494 e. The van der Waals surface area contributed by atoms with Crippen LogP contribution in [-0.4, -0.2) is 65.8 Å². The number of nitrogens with two attached hydrogens (primary N) is 1. The van der Waals surface area contributed by atoms with Crippen molar-refractivity contribution in [1.29, 1.82) is 0 Å². The van der Waals surface area contributed by atoms with Gasteiger partial charge in [-0.3, -0.25) is 4.57 Å². The fourth-order valence-electron chi connectivity index (χ4n) is 3.74. The Labute approximate surface area is 193 Å². The summed E-state index contributed by atoms with van der Waals surface area (Å²) in [5.74, 6) is 2.68. The van der Waals surface area contributed by atoms with E-state index in [1.807, 2.05) is 75.1 Å². The van der Waals surface area contributed by atoms with Crippen LogP contribution in [0.2, 0.25) is 0 Å². The molecule has 0 spiro atoms. The van der Waals surface area contributed by atoms with Crippen LogP contribution >= 0.6 is 0 Å². The Morgan fingerprint density at radius 3 is 2.61 bits per heavy atom. The summed E-state index contributed by atoms with van der Waals surface area (Å²) in [7, 11) is 7.75. The summed E-state index contributed by atoms with van der Waals surface area (Å²) in [4.78, 5) is 18.0. The van der Waals surface area contributed by atoms with Gasteiger partial charge in [-0.1, -0.05) is 12.1 Å². The minimum atomic E-state index is 0.441. The number of benzene rings is 2. The summed E-state index contributed by atoms with van der Waals surface area (Å²) in [6.45, 7) is 3.72. The number of rotatable bonds is 8. The smallest absolute Gasteiger partial charge is 0.229 e. The Balaban J connectivity index is 1.64. The monoisotopic (exact) mass is 446 g/mol. The molecule has 0 atom stereocenters. The summed E-state index contributed by atoms with van der Waals surface area (Å²) < 4.78 is 7.65. The number of hydrogen-bond acceptors (Lipinski definition) is 8. The molecule has 0 fully saturated rings. The summed E-state index contributed by atoms with van der Waals surface area (Å²) in [6, 6.07) is 13.6. The number of nitrogens with zero attached hydrogens (tertiary/aromatic N) is 6. The number of hydrogen-bond donors (Lipinski definition) is 2. The van der Waals surface area contributed by atoms with E-state index < -0.39 is 0 Å². The number of methoxy groups -OCH3 is 1. The van der Waals surface area contributed by atoms with Gasteiger partial charge in [0, 0.05) is 32.4 Å². The van der Waals surface area contributed by atoms with Gasteiger partial charge in [0.1, 0.15) is 17.4 Å². The number of aryl methyl sites for hydroxylation is 1. The molecule has 0 saturated carbocycles. The van der Waals surface area contributed by atoms with Gasteiger partial charge in [0.2, 0.25) is 5.95 Å². The van der Waals surface area contributed by atoms with Gasteiger partial charge in [0.15, 0.2) is 0 Å². The molecule has 4 aromatic rings. The Hall–Kier alpha value is -3.85. The van der Waals surface area contributed by atoms with Crippen molar-refractivity contribution in [3.8, 4) is 11.6 Å². The van der Waals surface area contributed by atoms with Gasteiger partial charge in [-0.25, -0.2) is 9.97 Å². The lowest BCUT2D eigenvalue weighted by atomic mass is 10.2. The van der Waals surface area contributed by atoms with E-state index in [9.17, 15) is 0 Å². The number of para-hydroxylation sites is 2. The predicted octanol–water partition coefficient (Wildman–Crippen LogP) is 3.46. The maximum atomic E-state index is 6.39. The quantitative estimate of drug-likeness (QED) is 0.397.